The highest BCUT2D eigenvalue weighted by molar-refractivity contribution is 5.88. The molecule has 1 aliphatic carbocycles. The van der Waals surface area contributed by atoms with Gasteiger partial charge < -0.3 is 8.83 Å². The van der Waals surface area contributed by atoms with Gasteiger partial charge in [0.1, 0.15) is 0 Å². The lowest BCUT2D eigenvalue weighted by Gasteiger charge is -2.02. The van der Waals surface area contributed by atoms with Crippen LogP contribution in [0.3, 0.4) is 0 Å². The van der Waals surface area contributed by atoms with E-state index in [1.165, 1.54) is 5.56 Å². The Labute approximate surface area is 106 Å². The second kappa shape index (κ2) is 3.45. The van der Waals surface area contributed by atoms with Gasteiger partial charge >= 0.3 is 11.3 Å². The number of benzene rings is 2. The average molecular weight is 252 g/mol. The van der Waals surface area contributed by atoms with E-state index in [1.807, 2.05) is 30.3 Å². The Kier molecular flexibility index (Phi) is 1.87. The smallest absolute Gasteiger partial charge is 0.414 e. The molecule has 1 aromatic heterocycles. The molecule has 0 saturated carbocycles. The van der Waals surface area contributed by atoms with Crippen molar-refractivity contribution in [3.05, 3.63) is 68.4 Å². The Morgan fingerprint density at radius 3 is 2.53 bits per heavy atom. The van der Waals surface area contributed by atoms with Crippen LogP contribution in [0.1, 0.15) is 11.1 Å². The summed E-state index contributed by atoms with van der Waals surface area (Å²) in [5.41, 5.74) is 3.00. The van der Waals surface area contributed by atoms with E-state index in [4.69, 9.17) is 8.83 Å². The summed E-state index contributed by atoms with van der Waals surface area (Å²) in [5, 5.41) is 0. The van der Waals surface area contributed by atoms with Crippen LogP contribution in [-0.2, 0) is 6.42 Å². The van der Waals surface area contributed by atoms with Crippen LogP contribution < -0.4 is 11.3 Å². The summed E-state index contributed by atoms with van der Waals surface area (Å²) in [6, 6.07) is 11.6. The van der Waals surface area contributed by atoms with E-state index in [-0.39, 0.29) is 0 Å². The van der Waals surface area contributed by atoms with E-state index in [9.17, 15) is 9.59 Å². The summed E-state index contributed by atoms with van der Waals surface area (Å²) >= 11 is 0. The summed E-state index contributed by atoms with van der Waals surface area (Å²) in [6.07, 6.45) is 0.680. The summed E-state index contributed by atoms with van der Waals surface area (Å²) < 4.78 is 10.1. The van der Waals surface area contributed by atoms with Crippen LogP contribution in [0.5, 0.6) is 0 Å². The Morgan fingerprint density at radius 1 is 0.842 bits per heavy atom. The van der Waals surface area contributed by atoms with Gasteiger partial charge in [0, 0.05) is 12.0 Å². The highest BCUT2D eigenvalue weighted by Crippen LogP contribution is 2.39. The maximum atomic E-state index is 11.3. The average Bonchev–Trinajstić information content (AvgIpc) is 2.79. The van der Waals surface area contributed by atoms with E-state index >= 15 is 0 Å². The highest BCUT2D eigenvalue weighted by atomic mass is 16.5. The molecule has 0 aliphatic heterocycles. The summed E-state index contributed by atoms with van der Waals surface area (Å²) in [6.45, 7) is 0. The zero-order valence-electron chi connectivity index (χ0n) is 9.80. The van der Waals surface area contributed by atoms with Crippen molar-refractivity contribution in [3.8, 4) is 11.1 Å². The molecule has 1 heterocycles. The number of hydrogen-bond donors (Lipinski definition) is 0. The van der Waals surface area contributed by atoms with E-state index in [2.05, 4.69) is 0 Å². The number of hydrogen-bond acceptors (Lipinski definition) is 4. The van der Waals surface area contributed by atoms with Gasteiger partial charge in [-0.1, -0.05) is 30.3 Å². The molecule has 19 heavy (non-hydrogen) atoms. The molecule has 2 aromatic carbocycles. The molecule has 92 valence electrons. The summed E-state index contributed by atoms with van der Waals surface area (Å²) in [4.78, 5) is 22.5. The van der Waals surface area contributed by atoms with Gasteiger partial charge in [0.15, 0.2) is 11.2 Å². The second-order valence-electron chi connectivity index (χ2n) is 4.53. The first kappa shape index (κ1) is 10.3. The third kappa shape index (κ3) is 1.34. The lowest BCUT2D eigenvalue weighted by atomic mass is 10.1. The van der Waals surface area contributed by atoms with Crippen molar-refractivity contribution in [1.29, 1.82) is 0 Å². The molecule has 3 aromatic rings. The number of fused-ring (bicyclic) bond motifs is 5. The molecule has 0 radical (unpaired) electrons. The minimum atomic E-state index is -0.969. The second-order valence-corrected chi connectivity index (χ2v) is 4.53. The Balaban J connectivity index is 2.14. The van der Waals surface area contributed by atoms with Crippen LogP contribution in [0.4, 0.5) is 0 Å². The standard InChI is InChI=1S/C15H8O4/c16-14-15(17)19-13-11-7-8-3-1-2-4-9(8)10(11)5-6-12(13)18-14/h1-6H,7H2. The predicted molar refractivity (Wildman–Crippen MR) is 69.3 cm³/mol. The first-order valence-corrected chi connectivity index (χ1v) is 5.92. The topological polar surface area (TPSA) is 60.4 Å². The van der Waals surface area contributed by atoms with Gasteiger partial charge in [-0.25, -0.2) is 9.59 Å². The predicted octanol–water partition coefficient (Wildman–Crippen LogP) is 2.32. The minimum Gasteiger partial charge on any atom is -0.414 e. The molecular formula is C15H8O4. The zero-order chi connectivity index (χ0) is 13.0. The molecule has 4 rings (SSSR count). The lowest BCUT2D eigenvalue weighted by molar-refractivity contribution is 0.447. The third-order valence-corrected chi connectivity index (χ3v) is 3.46. The fraction of sp³-hybridized carbons (Fsp3) is 0.0667. The fourth-order valence-electron chi connectivity index (χ4n) is 2.63. The normalized spacial score (nSPS) is 12.4. The molecule has 1 aliphatic rings. The number of rotatable bonds is 0. The van der Waals surface area contributed by atoms with Crippen LogP contribution >= 0.6 is 0 Å². The van der Waals surface area contributed by atoms with Crippen molar-refractivity contribution in [2.75, 3.05) is 0 Å². The van der Waals surface area contributed by atoms with Crippen LogP contribution in [0.15, 0.2) is 54.8 Å². The van der Waals surface area contributed by atoms with Crippen molar-refractivity contribution in [1.82, 2.24) is 0 Å². The molecule has 0 spiro atoms. The van der Waals surface area contributed by atoms with Gasteiger partial charge in [0.2, 0.25) is 0 Å². The van der Waals surface area contributed by atoms with Crippen molar-refractivity contribution >= 4 is 11.2 Å². The highest BCUT2D eigenvalue weighted by Gasteiger charge is 2.22. The monoisotopic (exact) mass is 252 g/mol. The Bertz CT molecular complexity index is 931. The van der Waals surface area contributed by atoms with Gasteiger partial charge in [0.05, 0.1) is 0 Å². The lowest BCUT2D eigenvalue weighted by Crippen LogP contribution is -2.21. The molecule has 0 N–H and O–H groups in total. The zero-order valence-corrected chi connectivity index (χ0v) is 9.80. The van der Waals surface area contributed by atoms with Gasteiger partial charge in [-0.15, -0.1) is 0 Å². The van der Waals surface area contributed by atoms with Crippen molar-refractivity contribution < 1.29 is 8.83 Å². The maximum Gasteiger partial charge on any atom is 0.423 e. The SMILES string of the molecule is O=c1oc2ccc3c(c2oc1=O)Cc1ccccc1-3. The molecule has 0 atom stereocenters. The summed E-state index contributed by atoms with van der Waals surface area (Å²) in [5.74, 6) is 0. The van der Waals surface area contributed by atoms with Crippen molar-refractivity contribution in [2.24, 2.45) is 0 Å². The molecule has 0 saturated heterocycles. The molecule has 0 unspecified atom stereocenters. The molecular weight excluding hydrogens is 244 g/mol. The molecule has 0 fully saturated rings. The van der Waals surface area contributed by atoms with Gasteiger partial charge in [-0.05, 0) is 22.8 Å². The molecule has 4 nitrogen and oxygen atoms in total. The van der Waals surface area contributed by atoms with E-state index < -0.39 is 11.3 Å². The Hall–Kier alpha value is -2.62. The largest absolute Gasteiger partial charge is 0.423 e. The van der Waals surface area contributed by atoms with Crippen LogP contribution in [0.25, 0.3) is 22.3 Å². The van der Waals surface area contributed by atoms with Gasteiger partial charge in [0.25, 0.3) is 0 Å². The van der Waals surface area contributed by atoms with Gasteiger partial charge in [-0.3, -0.25) is 0 Å². The van der Waals surface area contributed by atoms with Crippen LogP contribution in [-0.4, -0.2) is 0 Å². The third-order valence-electron chi connectivity index (χ3n) is 3.46. The molecule has 4 heteroatoms. The van der Waals surface area contributed by atoms with Crippen LogP contribution in [0, 0.1) is 0 Å². The fourth-order valence-corrected chi connectivity index (χ4v) is 2.63. The first-order valence-electron chi connectivity index (χ1n) is 5.92. The van der Waals surface area contributed by atoms with Crippen molar-refractivity contribution in [3.63, 3.8) is 0 Å². The molecule has 0 bridgehead atoms. The quantitative estimate of drug-likeness (QED) is 0.450. The molecule has 0 amide bonds. The Morgan fingerprint density at radius 2 is 1.63 bits per heavy atom. The van der Waals surface area contributed by atoms with Crippen LogP contribution in [0.2, 0.25) is 0 Å². The van der Waals surface area contributed by atoms with Crippen molar-refractivity contribution in [2.45, 2.75) is 6.42 Å². The summed E-state index contributed by atoms with van der Waals surface area (Å²) in [7, 11) is 0. The minimum absolute atomic E-state index is 0.316. The maximum absolute atomic E-state index is 11.3. The van der Waals surface area contributed by atoms with E-state index in [0.29, 0.717) is 17.6 Å². The first-order chi connectivity index (χ1) is 9.24. The van der Waals surface area contributed by atoms with E-state index in [1.54, 1.807) is 6.07 Å². The van der Waals surface area contributed by atoms with E-state index in [0.717, 1.165) is 16.7 Å². The van der Waals surface area contributed by atoms with Gasteiger partial charge in [-0.2, -0.15) is 0 Å².